The van der Waals surface area contributed by atoms with Gasteiger partial charge in [0.05, 0.1) is 18.1 Å². The first-order chi connectivity index (χ1) is 14.2. The lowest BCUT2D eigenvalue weighted by atomic mass is 9.88. The molecule has 1 aliphatic heterocycles. The monoisotopic (exact) mass is 437 g/mol. The Kier molecular flexibility index (Phi) is 11.1. The molecule has 5 nitrogen and oxygen atoms in total. The second-order valence-electron chi connectivity index (χ2n) is 8.94. The van der Waals surface area contributed by atoms with Gasteiger partial charge in [-0.05, 0) is 49.2 Å². The summed E-state index contributed by atoms with van der Waals surface area (Å²) in [5.74, 6) is -0.116. The number of cyclic esters (lactones) is 1. The molecule has 3 atom stereocenters. The van der Waals surface area contributed by atoms with E-state index >= 15 is 0 Å². The summed E-state index contributed by atoms with van der Waals surface area (Å²) in [7, 11) is -1.94. The van der Waals surface area contributed by atoms with Gasteiger partial charge in [-0.3, -0.25) is 4.79 Å². The molecule has 1 aliphatic rings. The molecule has 0 radical (unpaired) electrons. The zero-order chi connectivity index (χ0) is 22.9. The Bertz CT molecular complexity index is 569. The summed E-state index contributed by atoms with van der Waals surface area (Å²) in [6, 6.07) is 2.85. The first-order valence-corrected chi connectivity index (χ1v) is 14.1. The van der Waals surface area contributed by atoms with Crippen molar-refractivity contribution in [2.24, 2.45) is 17.8 Å². The van der Waals surface area contributed by atoms with Crippen LogP contribution in [0.4, 0.5) is 4.79 Å². The number of allylic oxidation sites excluding steroid dienone is 2. The number of hydrogen-bond donors (Lipinski definition) is 0. The molecule has 0 unspecified atom stereocenters. The van der Waals surface area contributed by atoms with Crippen LogP contribution in [-0.2, 0) is 14.0 Å². The zero-order valence-electron chi connectivity index (χ0n) is 20.0. The Morgan fingerprint density at radius 1 is 1.17 bits per heavy atom. The molecule has 0 aromatic carbocycles. The lowest BCUT2D eigenvalue weighted by Crippen LogP contribution is -2.50. The van der Waals surface area contributed by atoms with Crippen molar-refractivity contribution in [3.05, 3.63) is 25.3 Å². The van der Waals surface area contributed by atoms with Gasteiger partial charge in [0.1, 0.15) is 6.61 Å². The number of amides is 2. The highest BCUT2D eigenvalue weighted by Crippen LogP contribution is 2.32. The minimum Gasteiger partial charge on any atom is -0.447 e. The zero-order valence-corrected chi connectivity index (χ0v) is 21.0. The molecule has 0 saturated carbocycles. The number of hydrogen-bond acceptors (Lipinski definition) is 4. The number of imide groups is 1. The third-order valence-electron chi connectivity index (χ3n) is 6.76. The van der Waals surface area contributed by atoms with Crippen molar-refractivity contribution in [1.82, 2.24) is 4.90 Å². The first kappa shape index (κ1) is 26.6. The molecule has 1 rings (SSSR count). The summed E-state index contributed by atoms with van der Waals surface area (Å²) in [6.45, 7) is 20.6. The highest BCUT2D eigenvalue weighted by molar-refractivity contribution is 6.73. The molecule has 6 heteroatoms. The van der Waals surface area contributed by atoms with E-state index in [4.69, 9.17) is 9.16 Å². The standard InChI is InChI=1S/C24H43NO4Si/c1-9-14-20(15-10-2)16-22(29-30(11-3,12-4)13-5)19(8)23(26)25-21(18(6)7)17-28-24(25)27/h9-10,18-22H,1-2,11-17H2,3-8H3/t19-,21+,22+/m0/s1. The van der Waals surface area contributed by atoms with Gasteiger partial charge < -0.3 is 9.16 Å². The Morgan fingerprint density at radius 2 is 1.70 bits per heavy atom. The molecular formula is C24H43NO4Si. The van der Waals surface area contributed by atoms with Gasteiger partial charge >= 0.3 is 6.09 Å². The fraction of sp³-hybridized carbons (Fsp3) is 0.750. The van der Waals surface area contributed by atoms with Crippen LogP contribution in [0.1, 0.15) is 60.8 Å². The predicted octanol–water partition coefficient (Wildman–Crippen LogP) is 6.17. The van der Waals surface area contributed by atoms with Crippen molar-refractivity contribution in [3.8, 4) is 0 Å². The van der Waals surface area contributed by atoms with E-state index in [0.29, 0.717) is 5.92 Å². The molecule has 0 aromatic rings. The molecule has 1 heterocycles. The Balaban J connectivity index is 3.20. The van der Waals surface area contributed by atoms with Crippen LogP contribution in [0.2, 0.25) is 18.1 Å². The summed E-state index contributed by atoms with van der Waals surface area (Å²) in [6.07, 6.45) is 5.56. The average molecular weight is 438 g/mol. The molecule has 172 valence electrons. The van der Waals surface area contributed by atoms with Gasteiger partial charge in [-0.25, -0.2) is 9.69 Å². The van der Waals surface area contributed by atoms with Gasteiger partial charge in [0.15, 0.2) is 8.32 Å². The van der Waals surface area contributed by atoms with Gasteiger partial charge in [0, 0.05) is 0 Å². The number of carbonyl (C=O) groups excluding carboxylic acids is 2. The van der Waals surface area contributed by atoms with Crippen molar-refractivity contribution in [3.63, 3.8) is 0 Å². The predicted molar refractivity (Wildman–Crippen MR) is 126 cm³/mol. The van der Waals surface area contributed by atoms with E-state index < -0.39 is 20.3 Å². The van der Waals surface area contributed by atoms with Crippen LogP contribution in [-0.4, -0.2) is 44.0 Å². The Hall–Kier alpha value is -1.40. The molecule has 0 N–H and O–H groups in total. The quantitative estimate of drug-likeness (QED) is 0.241. The second-order valence-corrected chi connectivity index (χ2v) is 13.7. The maximum Gasteiger partial charge on any atom is 0.416 e. The smallest absolute Gasteiger partial charge is 0.416 e. The van der Waals surface area contributed by atoms with Crippen molar-refractivity contribution in [1.29, 1.82) is 0 Å². The van der Waals surface area contributed by atoms with E-state index in [1.54, 1.807) is 0 Å². The van der Waals surface area contributed by atoms with Gasteiger partial charge in [-0.1, -0.05) is 53.7 Å². The lowest BCUT2D eigenvalue weighted by molar-refractivity contribution is -0.137. The average Bonchev–Trinajstić information content (AvgIpc) is 3.12. The van der Waals surface area contributed by atoms with Gasteiger partial charge in [-0.2, -0.15) is 0 Å². The Labute approximate surface area is 185 Å². The molecule has 1 saturated heterocycles. The van der Waals surface area contributed by atoms with Crippen LogP contribution in [0.5, 0.6) is 0 Å². The third-order valence-corrected chi connectivity index (χ3v) is 11.4. The van der Waals surface area contributed by atoms with E-state index in [2.05, 4.69) is 33.9 Å². The molecule has 0 spiro atoms. The summed E-state index contributed by atoms with van der Waals surface area (Å²) in [4.78, 5) is 27.2. The lowest BCUT2D eigenvalue weighted by Gasteiger charge is -2.38. The topological polar surface area (TPSA) is 55.8 Å². The number of rotatable bonds is 14. The maximum atomic E-state index is 13.5. The highest BCUT2D eigenvalue weighted by atomic mass is 28.4. The summed E-state index contributed by atoms with van der Waals surface area (Å²) in [5.41, 5.74) is 0. The normalized spacial score (nSPS) is 19.1. The molecule has 0 bridgehead atoms. The van der Waals surface area contributed by atoms with Crippen LogP contribution in [0.25, 0.3) is 0 Å². The van der Waals surface area contributed by atoms with Crippen LogP contribution >= 0.6 is 0 Å². The summed E-state index contributed by atoms with van der Waals surface area (Å²) >= 11 is 0. The largest absolute Gasteiger partial charge is 0.447 e. The highest BCUT2D eigenvalue weighted by Gasteiger charge is 2.44. The van der Waals surface area contributed by atoms with Crippen LogP contribution in [0, 0.1) is 17.8 Å². The van der Waals surface area contributed by atoms with Gasteiger partial charge in [0.25, 0.3) is 0 Å². The number of nitrogens with zero attached hydrogens (tertiary/aromatic N) is 1. The van der Waals surface area contributed by atoms with E-state index in [-0.39, 0.29) is 30.6 Å². The van der Waals surface area contributed by atoms with E-state index in [0.717, 1.165) is 37.4 Å². The molecule has 2 amide bonds. The molecule has 0 aromatic heterocycles. The van der Waals surface area contributed by atoms with E-state index in [1.807, 2.05) is 32.9 Å². The minimum absolute atomic E-state index is 0.150. The third kappa shape index (κ3) is 6.55. The molecule has 30 heavy (non-hydrogen) atoms. The van der Waals surface area contributed by atoms with Crippen LogP contribution in [0.3, 0.4) is 0 Å². The van der Waals surface area contributed by atoms with Crippen molar-refractivity contribution in [2.45, 2.75) is 91.1 Å². The van der Waals surface area contributed by atoms with Crippen molar-refractivity contribution in [2.75, 3.05) is 6.61 Å². The van der Waals surface area contributed by atoms with E-state index in [1.165, 1.54) is 4.90 Å². The van der Waals surface area contributed by atoms with Crippen LogP contribution in [0.15, 0.2) is 25.3 Å². The Morgan fingerprint density at radius 3 is 2.13 bits per heavy atom. The van der Waals surface area contributed by atoms with Crippen molar-refractivity contribution < 1.29 is 18.8 Å². The summed E-state index contributed by atoms with van der Waals surface area (Å²) in [5, 5.41) is 0. The SMILES string of the molecule is C=CCC(CC=C)C[C@@H](O[Si](CC)(CC)CC)[C@H](C)C(=O)N1C(=O)OC[C@@H]1C(C)C. The van der Waals surface area contributed by atoms with E-state index in [9.17, 15) is 9.59 Å². The fourth-order valence-corrected chi connectivity index (χ4v) is 7.27. The molecule has 0 aliphatic carbocycles. The minimum atomic E-state index is -1.94. The second kappa shape index (κ2) is 12.5. The summed E-state index contributed by atoms with van der Waals surface area (Å²) < 4.78 is 12.1. The molecule has 1 fully saturated rings. The fourth-order valence-electron chi connectivity index (χ4n) is 4.32. The first-order valence-electron chi connectivity index (χ1n) is 11.6. The van der Waals surface area contributed by atoms with Crippen LogP contribution < -0.4 is 0 Å². The van der Waals surface area contributed by atoms with Gasteiger partial charge in [-0.15, -0.1) is 13.2 Å². The number of carbonyl (C=O) groups is 2. The maximum absolute atomic E-state index is 13.5. The molecular weight excluding hydrogens is 394 g/mol. The van der Waals surface area contributed by atoms with Crippen molar-refractivity contribution >= 4 is 20.3 Å². The van der Waals surface area contributed by atoms with Gasteiger partial charge in [0.2, 0.25) is 5.91 Å². The number of ether oxygens (including phenoxy) is 1.